The first-order valence-corrected chi connectivity index (χ1v) is 1.87. The highest BCUT2D eigenvalue weighted by molar-refractivity contribution is 5.14. The third-order valence-electron chi connectivity index (χ3n) is 1.08. The summed E-state index contributed by atoms with van der Waals surface area (Å²) in [4.78, 5) is 0. The summed E-state index contributed by atoms with van der Waals surface area (Å²) in [6, 6.07) is 0. The van der Waals surface area contributed by atoms with Crippen LogP contribution in [-0.4, -0.2) is 12.1 Å². The van der Waals surface area contributed by atoms with Crippen molar-refractivity contribution in [3.05, 3.63) is 12.7 Å². The average Bonchev–Trinajstić information content (AvgIpc) is 2.12. The molecule has 6 heavy (non-hydrogen) atoms. The van der Waals surface area contributed by atoms with E-state index in [1.807, 2.05) is 0 Å². The molecule has 2 heterocycles. The SMILES string of the molecule is C=CC12OC1O2. The second-order valence-corrected chi connectivity index (χ2v) is 1.49. The van der Waals surface area contributed by atoms with E-state index in [1.165, 1.54) is 0 Å². The second-order valence-electron chi connectivity index (χ2n) is 1.49. The molecule has 0 saturated carbocycles. The molecule has 2 nitrogen and oxygen atoms in total. The van der Waals surface area contributed by atoms with E-state index in [4.69, 9.17) is 9.47 Å². The lowest BCUT2D eigenvalue weighted by Gasteiger charge is -1.84. The fourth-order valence-electron chi connectivity index (χ4n) is 0.468. The molecule has 0 unspecified atom stereocenters. The zero-order valence-electron chi connectivity index (χ0n) is 3.18. The number of hydrogen-bond donors (Lipinski definition) is 0. The molecule has 0 N–H and O–H groups in total. The lowest BCUT2D eigenvalue weighted by molar-refractivity contribution is -0.0260. The van der Waals surface area contributed by atoms with Crippen molar-refractivity contribution in [3.63, 3.8) is 0 Å². The van der Waals surface area contributed by atoms with Crippen LogP contribution in [-0.2, 0) is 9.47 Å². The van der Waals surface area contributed by atoms with Gasteiger partial charge in [-0.15, -0.1) is 0 Å². The molecule has 0 aromatic rings. The largest absolute Gasteiger partial charge is 0.306 e. The van der Waals surface area contributed by atoms with Gasteiger partial charge >= 0.3 is 0 Å². The minimum atomic E-state index is -0.278. The third-order valence-corrected chi connectivity index (χ3v) is 1.08. The van der Waals surface area contributed by atoms with E-state index in [2.05, 4.69) is 6.58 Å². The minimum absolute atomic E-state index is 0.0926. The molecule has 2 fully saturated rings. The first-order chi connectivity index (χ1) is 2.87. The average molecular weight is 84.1 g/mol. The highest BCUT2D eigenvalue weighted by Gasteiger charge is 2.75. The molecular formula is C4H4O2. The van der Waals surface area contributed by atoms with Crippen molar-refractivity contribution in [1.82, 2.24) is 0 Å². The van der Waals surface area contributed by atoms with E-state index < -0.39 is 0 Å². The molecule has 2 aliphatic heterocycles. The van der Waals surface area contributed by atoms with Crippen molar-refractivity contribution in [3.8, 4) is 0 Å². The van der Waals surface area contributed by atoms with Crippen LogP contribution in [0.1, 0.15) is 0 Å². The number of ether oxygens (including phenoxy) is 2. The molecule has 2 saturated heterocycles. The summed E-state index contributed by atoms with van der Waals surface area (Å²) in [5.74, 6) is -0.278. The highest BCUT2D eigenvalue weighted by Crippen LogP contribution is 2.56. The maximum atomic E-state index is 4.80. The van der Waals surface area contributed by atoms with Crippen LogP contribution >= 0.6 is 0 Å². The fourth-order valence-corrected chi connectivity index (χ4v) is 0.468. The van der Waals surface area contributed by atoms with Crippen molar-refractivity contribution < 1.29 is 9.47 Å². The van der Waals surface area contributed by atoms with E-state index >= 15 is 0 Å². The number of rotatable bonds is 1. The van der Waals surface area contributed by atoms with Crippen LogP contribution in [0, 0.1) is 0 Å². The van der Waals surface area contributed by atoms with Crippen LogP contribution in [0.15, 0.2) is 12.7 Å². The smallest absolute Gasteiger partial charge is 0.245 e. The van der Waals surface area contributed by atoms with Gasteiger partial charge in [0, 0.05) is 0 Å². The molecule has 0 atom stereocenters. The van der Waals surface area contributed by atoms with Gasteiger partial charge in [0.05, 0.1) is 0 Å². The molecule has 0 amide bonds. The molecule has 0 bridgehead atoms. The van der Waals surface area contributed by atoms with Gasteiger partial charge in [0.2, 0.25) is 12.1 Å². The third kappa shape index (κ3) is 0.120. The molecular weight excluding hydrogens is 80.0 g/mol. The molecule has 0 aromatic heterocycles. The van der Waals surface area contributed by atoms with Gasteiger partial charge in [-0.05, 0) is 6.08 Å². The van der Waals surface area contributed by atoms with E-state index in [0.717, 1.165) is 0 Å². The molecule has 2 rings (SSSR count). The first-order valence-electron chi connectivity index (χ1n) is 1.87. The summed E-state index contributed by atoms with van der Waals surface area (Å²) in [7, 11) is 0. The Morgan fingerprint density at radius 3 is 2.17 bits per heavy atom. The van der Waals surface area contributed by atoms with Crippen molar-refractivity contribution in [1.29, 1.82) is 0 Å². The van der Waals surface area contributed by atoms with Gasteiger partial charge in [-0.1, -0.05) is 6.58 Å². The van der Waals surface area contributed by atoms with Crippen LogP contribution < -0.4 is 0 Å². The maximum absolute atomic E-state index is 4.80. The molecule has 0 aromatic carbocycles. The summed E-state index contributed by atoms with van der Waals surface area (Å²) < 4.78 is 9.60. The van der Waals surface area contributed by atoms with Gasteiger partial charge in [0.15, 0.2) is 0 Å². The zero-order valence-corrected chi connectivity index (χ0v) is 3.18. The Kier molecular flexibility index (Phi) is 0.212. The Labute approximate surface area is 35.4 Å². The van der Waals surface area contributed by atoms with Gasteiger partial charge in [-0.2, -0.15) is 0 Å². The second kappa shape index (κ2) is 0.459. The normalized spacial score (nSPS) is 59.7. The predicted octanol–water partition coefficient (Wildman–Crippen LogP) is 0.255. The summed E-state index contributed by atoms with van der Waals surface area (Å²) in [5.41, 5.74) is 0. The van der Waals surface area contributed by atoms with Crippen LogP contribution in [0.3, 0.4) is 0 Å². The van der Waals surface area contributed by atoms with Crippen molar-refractivity contribution in [2.75, 3.05) is 0 Å². The monoisotopic (exact) mass is 84.0 g/mol. The van der Waals surface area contributed by atoms with Crippen LogP contribution in [0.25, 0.3) is 0 Å². The fraction of sp³-hybridized carbons (Fsp3) is 0.500. The Bertz CT molecular complexity index is 102. The van der Waals surface area contributed by atoms with E-state index in [0.29, 0.717) is 0 Å². The topological polar surface area (TPSA) is 25.1 Å². The summed E-state index contributed by atoms with van der Waals surface area (Å²) in [6.45, 7) is 3.49. The lowest BCUT2D eigenvalue weighted by Crippen LogP contribution is -1.88. The van der Waals surface area contributed by atoms with Gasteiger partial charge < -0.3 is 9.47 Å². The van der Waals surface area contributed by atoms with Crippen molar-refractivity contribution >= 4 is 0 Å². The van der Waals surface area contributed by atoms with E-state index in [1.54, 1.807) is 6.08 Å². The predicted molar refractivity (Wildman–Crippen MR) is 18.9 cm³/mol. The standard InChI is InChI=1S/C4H4O2/c1-2-4-3(5-4)6-4/h2-3H,1H2. The van der Waals surface area contributed by atoms with Gasteiger partial charge in [-0.3, -0.25) is 0 Å². The van der Waals surface area contributed by atoms with Crippen LogP contribution in [0.5, 0.6) is 0 Å². The zero-order chi connectivity index (χ0) is 4.20. The van der Waals surface area contributed by atoms with Crippen molar-refractivity contribution in [2.24, 2.45) is 0 Å². The van der Waals surface area contributed by atoms with Crippen LogP contribution in [0.4, 0.5) is 0 Å². The van der Waals surface area contributed by atoms with Crippen molar-refractivity contribution in [2.45, 2.75) is 12.1 Å². The number of fused-ring (bicyclic) bond motifs is 1. The Morgan fingerprint density at radius 2 is 2.17 bits per heavy atom. The lowest BCUT2D eigenvalue weighted by atomic mass is 10.5. The van der Waals surface area contributed by atoms with Crippen LogP contribution in [0.2, 0.25) is 0 Å². The molecule has 0 spiro atoms. The van der Waals surface area contributed by atoms with E-state index in [-0.39, 0.29) is 12.1 Å². The quantitative estimate of drug-likeness (QED) is 0.336. The number of epoxide rings is 2. The Morgan fingerprint density at radius 1 is 1.67 bits per heavy atom. The first kappa shape index (κ1) is 2.77. The molecule has 0 aliphatic carbocycles. The summed E-state index contributed by atoms with van der Waals surface area (Å²) in [6.07, 6.45) is 1.77. The van der Waals surface area contributed by atoms with Gasteiger partial charge in [0.1, 0.15) is 0 Å². The summed E-state index contributed by atoms with van der Waals surface area (Å²) >= 11 is 0. The van der Waals surface area contributed by atoms with Gasteiger partial charge in [-0.25, -0.2) is 0 Å². The minimum Gasteiger partial charge on any atom is -0.306 e. The molecule has 2 aliphatic rings. The molecule has 0 radical (unpaired) electrons. The summed E-state index contributed by atoms with van der Waals surface area (Å²) in [5, 5.41) is 0. The highest BCUT2D eigenvalue weighted by atomic mass is 17.0. The Balaban J connectivity index is 2.27. The maximum Gasteiger partial charge on any atom is 0.245 e. The molecule has 2 heteroatoms. The van der Waals surface area contributed by atoms with Gasteiger partial charge in [0.25, 0.3) is 0 Å². The number of hydrogen-bond acceptors (Lipinski definition) is 2. The Hall–Kier alpha value is -0.340. The van der Waals surface area contributed by atoms with E-state index in [9.17, 15) is 0 Å². The molecule has 32 valence electrons.